The number of halogens is 2. The average molecular weight is 384 g/mol. The minimum atomic E-state index is -0.211. The molecule has 1 unspecified atom stereocenters. The van der Waals surface area contributed by atoms with Crippen LogP contribution in [0, 0.1) is 5.92 Å². The molecule has 7 heteroatoms. The Hall–Kier alpha value is -1.30. The van der Waals surface area contributed by atoms with Crippen LogP contribution in [0.1, 0.15) is 12.0 Å². The normalized spacial score (nSPS) is 21.9. The number of hydrogen-bond acceptors (Lipinski definition) is 3. The van der Waals surface area contributed by atoms with E-state index >= 15 is 0 Å². The summed E-state index contributed by atoms with van der Waals surface area (Å²) in [7, 11) is 2.06. The minimum absolute atomic E-state index is 0.0533. The number of benzene rings is 1. The molecule has 2 saturated heterocycles. The van der Waals surface area contributed by atoms with E-state index in [1.165, 1.54) is 0 Å². The van der Waals surface area contributed by atoms with Crippen molar-refractivity contribution in [2.24, 2.45) is 5.92 Å². The first kappa shape index (κ1) is 18.5. The Bertz CT molecular complexity index is 660. The number of piperazine rings is 1. The van der Waals surface area contributed by atoms with Gasteiger partial charge in [0, 0.05) is 55.7 Å². The van der Waals surface area contributed by atoms with Crippen LogP contribution in [-0.4, -0.2) is 72.8 Å². The lowest BCUT2D eigenvalue weighted by atomic mass is 10.1. The van der Waals surface area contributed by atoms with E-state index in [4.69, 9.17) is 23.2 Å². The monoisotopic (exact) mass is 383 g/mol. The quantitative estimate of drug-likeness (QED) is 0.799. The second-order valence-corrected chi connectivity index (χ2v) is 7.70. The summed E-state index contributed by atoms with van der Waals surface area (Å²) in [5.41, 5.74) is 0.965. The number of amides is 2. The molecular formula is C18H23Cl2N3O2. The van der Waals surface area contributed by atoms with Crippen molar-refractivity contribution in [1.82, 2.24) is 14.7 Å². The first-order chi connectivity index (χ1) is 11.9. The molecule has 0 N–H and O–H groups in total. The number of rotatable bonds is 4. The van der Waals surface area contributed by atoms with E-state index in [0.29, 0.717) is 36.0 Å². The summed E-state index contributed by atoms with van der Waals surface area (Å²) >= 11 is 12.1. The predicted octanol–water partition coefficient (Wildman–Crippen LogP) is 2.16. The number of likely N-dealkylation sites (tertiary alicyclic amines) is 1. The molecule has 0 spiro atoms. The van der Waals surface area contributed by atoms with Crippen molar-refractivity contribution in [2.75, 3.05) is 46.3 Å². The van der Waals surface area contributed by atoms with Gasteiger partial charge in [0.05, 0.1) is 5.92 Å². The average Bonchev–Trinajstić information content (AvgIpc) is 2.95. The molecule has 0 aromatic heterocycles. The van der Waals surface area contributed by atoms with Crippen molar-refractivity contribution in [3.8, 4) is 0 Å². The van der Waals surface area contributed by atoms with Crippen molar-refractivity contribution in [3.05, 3.63) is 33.8 Å². The van der Waals surface area contributed by atoms with Crippen LogP contribution < -0.4 is 0 Å². The molecule has 25 heavy (non-hydrogen) atoms. The fraction of sp³-hybridized carbons (Fsp3) is 0.556. The summed E-state index contributed by atoms with van der Waals surface area (Å²) < 4.78 is 0. The van der Waals surface area contributed by atoms with Crippen molar-refractivity contribution in [1.29, 1.82) is 0 Å². The number of hydrogen-bond donors (Lipinski definition) is 0. The zero-order valence-corrected chi connectivity index (χ0v) is 15.9. The maximum Gasteiger partial charge on any atom is 0.228 e. The van der Waals surface area contributed by atoms with E-state index in [9.17, 15) is 9.59 Å². The third kappa shape index (κ3) is 4.46. The highest BCUT2D eigenvalue weighted by molar-refractivity contribution is 6.35. The SMILES string of the molecule is CN1CCN(C(=O)C2CC(=O)N(CCc3ccc(Cl)cc3Cl)C2)CC1. The summed E-state index contributed by atoms with van der Waals surface area (Å²) in [4.78, 5) is 30.8. The van der Waals surface area contributed by atoms with Gasteiger partial charge in [0.15, 0.2) is 0 Å². The first-order valence-electron chi connectivity index (χ1n) is 8.63. The third-order valence-electron chi connectivity index (χ3n) is 5.04. The van der Waals surface area contributed by atoms with E-state index in [-0.39, 0.29) is 17.7 Å². The Balaban J connectivity index is 1.54. The fourth-order valence-electron chi connectivity index (χ4n) is 3.42. The standard InChI is InChI=1S/C18H23Cl2N3O2/c1-21-6-8-22(9-7-21)18(25)14-10-17(24)23(12-14)5-4-13-2-3-15(19)11-16(13)20/h2-3,11,14H,4-10,12H2,1H3. The number of nitrogens with zero attached hydrogens (tertiary/aromatic N) is 3. The highest BCUT2D eigenvalue weighted by Gasteiger charge is 2.36. The van der Waals surface area contributed by atoms with Gasteiger partial charge < -0.3 is 14.7 Å². The summed E-state index contributed by atoms with van der Waals surface area (Å²) in [6.07, 6.45) is 0.983. The molecule has 1 aromatic carbocycles. The largest absolute Gasteiger partial charge is 0.342 e. The molecule has 0 saturated carbocycles. The molecule has 2 aliphatic rings. The molecule has 1 aromatic rings. The summed E-state index contributed by atoms with van der Waals surface area (Å²) in [5, 5.41) is 1.22. The fourth-order valence-corrected chi connectivity index (χ4v) is 3.92. The van der Waals surface area contributed by atoms with Gasteiger partial charge in [-0.15, -0.1) is 0 Å². The Labute approximate surface area is 158 Å². The van der Waals surface area contributed by atoms with Crippen molar-refractivity contribution in [2.45, 2.75) is 12.8 Å². The van der Waals surface area contributed by atoms with Gasteiger partial charge in [-0.05, 0) is 31.2 Å². The highest BCUT2D eigenvalue weighted by atomic mass is 35.5. The van der Waals surface area contributed by atoms with E-state index in [1.807, 2.05) is 11.0 Å². The molecule has 136 valence electrons. The van der Waals surface area contributed by atoms with Gasteiger partial charge >= 0.3 is 0 Å². The van der Waals surface area contributed by atoms with Gasteiger partial charge in [-0.1, -0.05) is 29.3 Å². The number of likely N-dealkylation sites (N-methyl/N-ethyl adjacent to an activating group) is 1. The lowest BCUT2D eigenvalue weighted by molar-refractivity contribution is -0.137. The summed E-state index contributed by atoms with van der Waals surface area (Å²) in [6.45, 7) is 4.37. The molecule has 0 aliphatic carbocycles. The van der Waals surface area contributed by atoms with E-state index < -0.39 is 0 Å². The van der Waals surface area contributed by atoms with Gasteiger partial charge in [0.2, 0.25) is 11.8 Å². The summed E-state index contributed by atoms with van der Waals surface area (Å²) in [6, 6.07) is 5.40. The summed E-state index contributed by atoms with van der Waals surface area (Å²) in [5.74, 6) is -0.0392. The van der Waals surface area contributed by atoms with Gasteiger partial charge in [-0.3, -0.25) is 9.59 Å². The second-order valence-electron chi connectivity index (χ2n) is 6.86. The topological polar surface area (TPSA) is 43.9 Å². The Morgan fingerprint density at radius 3 is 2.60 bits per heavy atom. The van der Waals surface area contributed by atoms with E-state index in [0.717, 1.165) is 31.7 Å². The molecular weight excluding hydrogens is 361 g/mol. The van der Waals surface area contributed by atoms with Crippen molar-refractivity contribution in [3.63, 3.8) is 0 Å². The zero-order chi connectivity index (χ0) is 18.0. The van der Waals surface area contributed by atoms with Crippen LogP contribution >= 0.6 is 23.2 Å². The van der Waals surface area contributed by atoms with Crippen LogP contribution in [0.5, 0.6) is 0 Å². The molecule has 2 fully saturated rings. The van der Waals surface area contributed by atoms with Crippen LogP contribution in [0.4, 0.5) is 0 Å². The Morgan fingerprint density at radius 2 is 1.92 bits per heavy atom. The van der Waals surface area contributed by atoms with E-state index in [1.54, 1.807) is 17.0 Å². The van der Waals surface area contributed by atoms with Crippen LogP contribution in [-0.2, 0) is 16.0 Å². The lowest BCUT2D eigenvalue weighted by Gasteiger charge is -2.33. The number of carbonyl (C=O) groups excluding carboxylic acids is 2. The molecule has 2 amide bonds. The highest BCUT2D eigenvalue weighted by Crippen LogP contribution is 2.24. The van der Waals surface area contributed by atoms with Crippen molar-refractivity contribution < 1.29 is 9.59 Å². The van der Waals surface area contributed by atoms with Crippen LogP contribution in [0.3, 0.4) is 0 Å². The second kappa shape index (κ2) is 7.94. The van der Waals surface area contributed by atoms with Gasteiger partial charge in [-0.2, -0.15) is 0 Å². The zero-order valence-electron chi connectivity index (χ0n) is 14.4. The number of carbonyl (C=O) groups is 2. The Kier molecular flexibility index (Phi) is 5.87. The molecule has 3 rings (SSSR count). The van der Waals surface area contributed by atoms with Crippen LogP contribution in [0.25, 0.3) is 0 Å². The minimum Gasteiger partial charge on any atom is -0.342 e. The Morgan fingerprint density at radius 1 is 1.20 bits per heavy atom. The van der Waals surface area contributed by atoms with Crippen LogP contribution in [0.15, 0.2) is 18.2 Å². The van der Waals surface area contributed by atoms with Crippen molar-refractivity contribution >= 4 is 35.0 Å². The van der Waals surface area contributed by atoms with Gasteiger partial charge in [-0.25, -0.2) is 0 Å². The van der Waals surface area contributed by atoms with Gasteiger partial charge in [0.25, 0.3) is 0 Å². The maximum atomic E-state index is 12.7. The van der Waals surface area contributed by atoms with Crippen LogP contribution in [0.2, 0.25) is 10.0 Å². The maximum absolute atomic E-state index is 12.7. The smallest absolute Gasteiger partial charge is 0.228 e. The molecule has 0 radical (unpaired) electrons. The third-order valence-corrected chi connectivity index (χ3v) is 5.63. The molecule has 2 heterocycles. The molecule has 5 nitrogen and oxygen atoms in total. The van der Waals surface area contributed by atoms with E-state index in [2.05, 4.69) is 11.9 Å². The predicted molar refractivity (Wildman–Crippen MR) is 98.9 cm³/mol. The molecule has 1 atom stereocenters. The molecule has 0 bridgehead atoms. The lowest BCUT2D eigenvalue weighted by Crippen LogP contribution is -2.49. The first-order valence-corrected chi connectivity index (χ1v) is 9.38. The van der Waals surface area contributed by atoms with Gasteiger partial charge in [0.1, 0.15) is 0 Å². The molecule has 2 aliphatic heterocycles.